The van der Waals surface area contributed by atoms with Gasteiger partial charge in [-0.2, -0.15) is 0 Å². The molecule has 0 spiro atoms. The van der Waals surface area contributed by atoms with Gasteiger partial charge in [0.25, 0.3) is 0 Å². The van der Waals surface area contributed by atoms with Gasteiger partial charge >= 0.3 is 0 Å². The van der Waals surface area contributed by atoms with E-state index in [-0.39, 0.29) is 12.5 Å². The molecule has 0 unspecified atom stereocenters. The van der Waals surface area contributed by atoms with Gasteiger partial charge < -0.3 is 16.8 Å². The molecule has 5 heteroatoms. The van der Waals surface area contributed by atoms with E-state index in [0.29, 0.717) is 11.3 Å². The number of hydrogen-bond donors (Lipinski definition) is 3. The highest BCUT2D eigenvalue weighted by Crippen LogP contribution is 2.17. The van der Waals surface area contributed by atoms with Gasteiger partial charge in [-0.1, -0.05) is 0 Å². The highest BCUT2D eigenvalue weighted by Gasteiger charge is 2.25. The van der Waals surface area contributed by atoms with E-state index in [1.807, 2.05) is 0 Å². The third kappa shape index (κ3) is 3.29. The number of carbonyl (C=O) groups is 2. The molecule has 0 aliphatic rings. The van der Waals surface area contributed by atoms with Gasteiger partial charge in [0.1, 0.15) is 0 Å². The summed E-state index contributed by atoms with van der Waals surface area (Å²) in [6, 6.07) is 6.38. The second-order valence-corrected chi connectivity index (χ2v) is 4.48. The third-order valence-corrected chi connectivity index (χ3v) is 2.55. The number of carbonyl (C=O) groups excluding carboxylic acids is 2. The van der Waals surface area contributed by atoms with Gasteiger partial charge in [0, 0.05) is 17.8 Å². The van der Waals surface area contributed by atoms with E-state index < -0.39 is 11.3 Å². The lowest BCUT2D eigenvalue weighted by atomic mass is 9.92. The summed E-state index contributed by atoms with van der Waals surface area (Å²) < 4.78 is 0. The number of amides is 2. The van der Waals surface area contributed by atoms with Crippen molar-refractivity contribution >= 4 is 17.5 Å². The Balaban J connectivity index is 2.76. The van der Waals surface area contributed by atoms with Gasteiger partial charge in [0.2, 0.25) is 11.8 Å². The highest BCUT2D eigenvalue weighted by molar-refractivity contribution is 5.96. The maximum absolute atomic E-state index is 11.8. The molecular formula is C12H17N3O2. The van der Waals surface area contributed by atoms with Gasteiger partial charge in [-0.05, 0) is 38.1 Å². The molecule has 0 saturated carbocycles. The first-order chi connectivity index (χ1) is 7.86. The molecule has 17 heavy (non-hydrogen) atoms. The lowest BCUT2D eigenvalue weighted by Crippen LogP contribution is -2.37. The van der Waals surface area contributed by atoms with Gasteiger partial charge in [-0.3, -0.25) is 9.59 Å². The molecule has 0 fully saturated rings. The molecule has 1 aromatic rings. The maximum Gasteiger partial charge on any atom is 0.248 e. The van der Waals surface area contributed by atoms with E-state index in [9.17, 15) is 9.59 Å². The number of anilines is 1. The topological polar surface area (TPSA) is 98.2 Å². The number of hydrogen-bond acceptors (Lipinski definition) is 3. The van der Waals surface area contributed by atoms with Crippen molar-refractivity contribution in [2.24, 2.45) is 16.9 Å². The first-order valence-electron chi connectivity index (χ1n) is 5.28. The number of nitrogens with one attached hydrogen (secondary N) is 1. The molecule has 0 heterocycles. The smallest absolute Gasteiger partial charge is 0.248 e. The standard InChI is InChI=1S/C12H17N3O2/c1-12(2,7-13)11(17)15-9-5-3-8(4-6-9)10(14)16/h3-6H,7,13H2,1-2H3,(H2,14,16)(H,15,17). The predicted molar refractivity (Wildman–Crippen MR) is 66.4 cm³/mol. The SMILES string of the molecule is CC(C)(CN)C(=O)Nc1ccc(C(N)=O)cc1. The van der Waals surface area contributed by atoms with Crippen LogP contribution in [0.15, 0.2) is 24.3 Å². The number of nitrogens with two attached hydrogens (primary N) is 2. The molecule has 92 valence electrons. The Morgan fingerprint density at radius 2 is 1.76 bits per heavy atom. The van der Waals surface area contributed by atoms with E-state index in [4.69, 9.17) is 11.5 Å². The van der Waals surface area contributed by atoms with Crippen molar-refractivity contribution < 1.29 is 9.59 Å². The minimum Gasteiger partial charge on any atom is -0.366 e. The van der Waals surface area contributed by atoms with Crippen molar-refractivity contribution in [2.75, 3.05) is 11.9 Å². The molecule has 0 aromatic heterocycles. The second-order valence-electron chi connectivity index (χ2n) is 4.48. The summed E-state index contributed by atoms with van der Waals surface area (Å²) in [6.45, 7) is 3.79. The Labute approximate surface area is 100 Å². The summed E-state index contributed by atoms with van der Waals surface area (Å²) in [5, 5.41) is 2.73. The van der Waals surface area contributed by atoms with Crippen LogP contribution in [0, 0.1) is 5.41 Å². The van der Waals surface area contributed by atoms with Crippen molar-refractivity contribution in [1.29, 1.82) is 0 Å². The molecule has 2 amide bonds. The summed E-state index contributed by atoms with van der Waals surface area (Å²) >= 11 is 0. The summed E-state index contributed by atoms with van der Waals surface area (Å²) in [4.78, 5) is 22.7. The average molecular weight is 235 g/mol. The number of benzene rings is 1. The Hall–Kier alpha value is -1.88. The van der Waals surface area contributed by atoms with Crippen molar-refractivity contribution in [2.45, 2.75) is 13.8 Å². The Morgan fingerprint density at radius 1 is 1.24 bits per heavy atom. The largest absolute Gasteiger partial charge is 0.366 e. The Morgan fingerprint density at radius 3 is 2.18 bits per heavy atom. The second kappa shape index (κ2) is 4.97. The van der Waals surface area contributed by atoms with Crippen LogP contribution < -0.4 is 16.8 Å². The van der Waals surface area contributed by atoms with Crippen LogP contribution in [0.2, 0.25) is 0 Å². The van der Waals surface area contributed by atoms with Crippen LogP contribution in [-0.2, 0) is 4.79 Å². The minimum absolute atomic E-state index is 0.160. The molecule has 0 aliphatic carbocycles. The lowest BCUT2D eigenvalue weighted by molar-refractivity contribution is -0.123. The fraction of sp³-hybridized carbons (Fsp3) is 0.333. The molecule has 0 saturated heterocycles. The molecule has 0 bridgehead atoms. The highest BCUT2D eigenvalue weighted by atomic mass is 16.2. The van der Waals surface area contributed by atoms with Crippen molar-refractivity contribution in [3.63, 3.8) is 0 Å². The number of rotatable bonds is 4. The number of primary amides is 1. The first kappa shape index (κ1) is 13.2. The Kier molecular flexibility index (Phi) is 3.85. The predicted octanol–water partition coefficient (Wildman–Crippen LogP) is 0.709. The molecule has 0 atom stereocenters. The molecule has 0 aliphatic heterocycles. The molecule has 5 nitrogen and oxygen atoms in total. The van der Waals surface area contributed by atoms with E-state index in [1.54, 1.807) is 38.1 Å². The van der Waals surface area contributed by atoms with Crippen molar-refractivity contribution in [1.82, 2.24) is 0 Å². The summed E-state index contributed by atoms with van der Waals surface area (Å²) in [7, 11) is 0. The third-order valence-electron chi connectivity index (χ3n) is 2.55. The molecule has 0 radical (unpaired) electrons. The first-order valence-corrected chi connectivity index (χ1v) is 5.28. The summed E-state index contributed by atoms with van der Waals surface area (Å²) in [5.41, 5.74) is 11.0. The molecule has 1 rings (SSSR count). The fourth-order valence-electron chi connectivity index (χ4n) is 1.11. The minimum atomic E-state index is -0.623. The lowest BCUT2D eigenvalue weighted by Gasteiger charge is -2.21. The van der Waals surface area contributed by atoms with E-state index in [1.165, 1.54) is 0 Å². The maximum atomic E-state index is 11.8. The van der Waals surface area contributed by atoms with Crippen molar-refractivity contribution in [3.8, 4) is 0 Å². The fourth-order valence-corrected chi connectivity index (χ4v) is 1.11. The van der Waals surface area contributed by atoms with Gasteiger partial charge in [0.05, 0.1) is 5.41 Å². The molecule has 1 aromatic carbocycles. The zero-order valence-corrected chi connectivity index (χ0v) is 9.99. The quantitative estimate of drug-likeness (QED) is 0.716. The van der Waals surface area contributed by atoms with E-state index in [0.717, 1.165) is 0 Å². The normalized spacial score (nSPS) is 11.0. The summed E-state index contributed by atoms with van der Waals surface area (Å²) in [6.07, 6.45) is 0. The van der Waals surface area contributed by atoms with Crippen molar-refractivity contribution in [3.05, 3.63) is 29.8 Å². The van der Waals surface area contributed by atoms with E-state index in [2.05, 4.69) is 5.32 Å². The van der Waals surface area contributed by atoms with Gasteiger partial charge in [-0.15, -0.1) is 0 Å². The van der Waals surface area contributed by atoms with Crippen LogP contribution in [0.1, 0.15) is 24.2 Å². The van der Waals surface area contributed by atoms with Gasteiger partial charge in [-0.25, -0.2) is 0 Å². The van der Waals surface area contributed by atoms with E-state index >= 15 is 0 Å². The van der Waals surface area contributed by atoms with Crippen LogP contribution in [0.4, 0.5) is 5.69 Å². The van der Waals surface area contributed by atoms with Crippen LogP contribution in [0.5, 0.6) is 0 Å². The monoisotopic (exact) mass is 235 g/mol. The summed E-state index contributed by atoms with van der Waals surface area (Å²) in [5.74, 6) is -0.656. The zero-order chi connectivity index (χ0) is 13.1. The molecule has 5 N–H and O–H groups in total. The average Bonchev–Trinajstić information content (AvgIpc) is 2.29. The van der Waals surface area contributed by atoms with Crippen LogP contribution in [0.3, 0.4) is 0 Å². The van der Waals surface area contributed by atoms with Crippen LogP contribution in [0.25, 0.3) is 0 Å². The van der Waals surface area contributed by atoms with Crippen LogP contribution in [-0.4, -0.2) is 18.4 Å². The van der Waals surface area contributed by atoms with Crippen LogP contribution >= 0.6 is 0 Å². The zero-order valence-electron chi connectivity index (χ0n) is 9.99. The molecular weight excluding hydrogens is 218 g/mol. The Bertz CT molecular complexity index is 424. The van der Waals surface area contributed by atoms with Gasteiger partial charge in [0.15, 0.2) is 0 Å².